The van der Waals surface area contributed by atoms with Crippen LogP contribution in [-0.2, 0) is 0 Å². The van der Waals surface area contributed by atoms with Gasteiger partial charge in [0.25, 0.3) is 0 Å². The summed E-state index contributed by atoms with van der Waals surface area (Å²) in [5.74, 6) is 0.140. The molecule has 3 heteroatoms. The molecule has 0 saturated heterocycles. The fourth-order valence-electron chi connectivity index (χ4n) is 2.18. The fraction of sp³-hybridized carbons (Fsp3) is 0. The Balaban J connectivity index is 2.44. The number of benzene rings is 2. The van der Waals surface area contributed by atoms with Crippen LogP contribution < -0.4 is 0 Å². The van der Waals surface area contributed by atoms with E-state index in [0.717, 1.165) is 16.7 Å². The number of aromatic hydroxyl groups is 1. The van der Waals surface area contributed by atoms with Gasteiger partial charge in [-0.05, 0) is 17.2 Å². The van der Waals surface area contributed by atoms with E-state index in [1.54, 1.807) is 12.1 Å². The Kier molecular flexibility index (Phi) is 1.74. The van der Waals surface area contributed by atoms with Crippen LogP contribution >= 0.6 is 0 Å². The molecule has 1 aliphatic carbocycles. The third-order valence-corrected chi connectivity index (χ3v) is 2.85. The highest BCUT2D eigenvalue weighted by Gasteiger charge is 2.27. The Hall–Kier alpha value is -2.29. The van der Waals surface area contributed by atoms with Crippen LogP contribution in [0.25, 0.3) is 11.1 Å². The zero-order valence-corrected chi connectivity index (χ0v) is 8.38. The highest BCUT2D eigenvalue weighted by molar-refractivity contribution is 6.25. The highest BCUT2D eigenvalue weighted by atomic mass is 16.4. The highest BCUT2D eigenvalue weighted by Crippen LogP contribution is 2.40. The molecule has 0 radical (unpaired) electrons. The monoisotopic (exact) mass is 211 g/mol. The summed E-state index contributed by atoms with van der Waals surface area (Å²) in [6, 6.07) is 12.9. The van der Waals surface area contributed by atoms with E-state index in [4.69, 9.17) is 5.21 Å². The number of phenolic OH excluding ortho intramolecular Hbond substituents is 1. The lowest BCUT2D eigenvalue weighted by molar-refractivity contribution is 0.319. The van der Waals surface area contributed by atoms with E-state index < -0.39 is 0 Å². The third kappa shape index (κ3) is 0.997. The number of hydrogen-bond acceptors (Lipinski definition) is 3. The first kappa shape index (κ1) is 8.97. The van der Waals surface area contributed by atoms with Gasteiger partial charge in [0.1, 0.15) is 11.5 Å². The van der Waals surface area contributed by atoms with Gasteiger partial charge in [0.05, 0.1) is 5.56 Å². The first-order chi connectivity index (χ1) is 7.83. The summed E-state index contributed by atoms with van der Waals surface area (Å²) in [7, 11) is 0. The average molecular weight is 211 g/mol. The largest absolute Gasteiger partial charge is 0.507 e. The molecule has 0 saturated carbocycles. The van der Waals surface area contributed by atoms with Crippen LogP contribution in [0.15, 0.2) is 47.6 Å². The van der Waals surface area contributed by atoms with Gasteiger partial charge < -0.3 is 10.3 Å². The molecule has 16 heavy (non-hydrogen) atoms. The lowest BCUT2D eigenvalue weighted by atomic mass is 10.1. The molecule has 2 aromatic rings. The topological polar surface area (TPSA) is 52.8 Å². The fourth-order valence-corrected chi connectivity index (χ4v) is 2.18. The number of phenols is 1. The van der Waals surface area contributed by atoms with Crippen molar-refractivity contribution in [3.05, 3.63) is 53.6 Å². The van der Waals surface area contributed by atoms with E-state index in [2.05, 4.69) is 5.16 Å². The minimum Gasteiger partial charge on any atom is -0.507 e. The van der Waals surface area contributed by atoms with Crippen molar-refractivity contribution in [2.45, 2.75) is 0 Å². The van der Waals surface area contributed by atoms with E-state index in [1.807, 2.05) is 30.3 Å². The zero-order chi connectivity index (χ0) is 11.1. The normalized spacial score (nSPS) is 14.9. The maximum Gasteiger partial charge on any atom is 0.125 e. The molecule has 0 amide bonds. The van der Waals surface area contributed by atoms with Crippen LogP contribution in [0.2, 0.25) is 0 Å². The van der Waals surface area contributed by atoms with E-state index in [0.29, 0.717) is 11.3 Å². The lowest BCUT2D eigenvalue weighted by Crippen LogP contribution is -1.97. The summed E-state index contributed by atoms with van der Waals surface area (Å²) in [4.78, 5) is 0. The maximum atomic E-state index is 9.81. The predicted octanol–water partition coefficient (Wildman–Crippen LogP) is 2.60. The van der Waals surface area contributed by atoms with E-state index in [-0.39, 0.29) is 5.75 Å². The number of hydrogen-bond donors (Lipinski definition) is 2. The minimum absolute atomic E-state index is 0.140. The van der Waals surface area contributed by atoms with Crippen LogP contribution in [-0.4, -0.2) is 16.0 Å². The molecule has 0 unspecified atom stereocenters. The Morgan fingerprint density at radius 1 is 0.812 bits per heavy atom. The molecule has 2 aromatic carbocycles. The van der Waals surface area contributed by atoms with Crippen LogP contribution in [0.1, 0.15) is 11.1 Å². The third-order valence-electron chi connectivity index (χ3n) is 2.85. The van der Waals surface area contributed by atoms with Gasteiger partial charge in [0.2, 0.25) is 0 Å². The quantitative estimate of drug-likeness (QED) is 0.443. The van der Waals surface area contributed by atoms with Gasteiger partial charge in [-0.1, -0.05) is 41.6 Å². The molecule has 0 bridgehead atoms. The van der Waals surface area contributed by atoms with Gasteiger partial charge in [-0.2, -0.15) is 0 Å². The molecule has 3 rings (SSSR count). The van der Waals surface area contributed by atoms with E-state index >= 15 is 0 Å². The molecule has 2 N–H and O–H groups in total. The van der Waals surface area contributed by atoms with Gasteiger partial charge in [-0.3, -0.25) is 0 Å². The summed E-state index contributed by atoms with van der Waals surface area (Å²) < 4.78 is 0. The van der Waals surface area contributed by atoms with Crippen LogP contribution in [0.5, 0.6) is 5.75 Å². The molecular formula is C13H9NO2. The SMILES string of the molecule is O/N=C1\c2ccccc2-c2cccc(O)c21. The van der Waals surface area contributed by atoms with Crippen LogP contribution in [0.4, 0.5) is 0 Å². The molecule has 0 aliphatic heterocycles. The standard InChI is InChI=1S/C13H9NO2/c15-11-7-3-6-9-8-4-1-2-5-10(8)13(14-16)12(9)11/h1-7,15-16H/b14-13+. The molecular weight excluding hydrogens is 202 g/mol. The van der Waals surface area contributed by atoms with Gasteiger partial charge in [-0.15, -0.1) is 0 Å². The smallest absolute Gasteiger partial charge is 0.125 e. The lowest BCUT2D eigenvalue weighted by Gasteiger charge is -2.01. The van der Waals surface area contributed by atoms with Crippen LogP contribution in [0, 0.1) is 0 Å². The number of fused-ring (bicyclic) bond motifs is 3. The second kappa shape index (κ2) is 3.10. The minimum atomic E-state index is 0.140. The van der Waals surface area contributed by atoms with Crippen molar-refractivity contribution >= 4 is 5.71 Å². The Bertz CT molecular complexity index is 603. The van der Waals surface area contributed by atoms with Crippen molar-refractivity contribution in [1.29, 1.82) is 0 Å². The van der Waals surface area contributed by atoms with Gasteiger partial charge in [0, 0.05) is 5.56 Å². The molecule has 78 valence electrons. The van der Waals surface area contributed by atoms with Gasteiger partial charge >= 0.3 is 0 Å². The molecule has 0 atom stereocenters. The zero-order valence-electron chi connectivity index (χ0n) is 8.38. The summed E-state index contributed by atoms with van der Waals surface area (Å²) in [5, 5.41) is 22.2. The summed E-state index contributed by atoms with van der Waals surface area (Å²) in [6.07, 6.45) is 0. The number of oxime groups is 1. The van der Waals surface area contributed by atoms with Gasteiger partial charge in [-0.25, -0.2) is 0 Å². The summed E-state index contributed by atoms with van der Waals surface area (Å²) in [5.41, 5.74) is 3.78. The summed E-state index contributed by atoms with van der Waals surface area (Å²) in [6.45, 7) is 0. The Morgan fingerprint density at radius 2 is 1.50 bits per heavy atom. The Labute approximate surface area is 92.3 Å². The van der Waals surface area contributed by atoms with Crippen molar-refractivity contribution < 1.29 is 10.3 Å². The van der Waals surface area contributed by atoms with Crippen molar-refractivity contribution in [2.24, 2.45) is 5.16 Å². The second-order valence-electron chi connectivity index (χ2n) is 3.69. The average Bonchev–Trinajstić information content (AvgIpc) is 2.65. The van der Waals surface area contributed by atoms with Crippen molar-refractivity contribution in [2.75, 3.05) is 0 Å². The van der Waals surface area contributed by atoms with E-state index in [9.17, 15) is 5.11 Å². The molecule has 1 aliphatic rings. The van der Waals surface area contributed by atoms with Crippen LogP contribution in [0.3, 0.4) is 0 Å². The van der Waals surface area contributed by atoms with Crippen molar-refractivity contribution in [3.8, 4) is 16.9 Å². The Morgan fingerprint density at radius 3 is 2.25 bits per heavy atom. The molecule has 0 spiro atoms. The maximum absolute atomic E-state index is 9.81. The molecule has 3 nitrogen and oxygen atoms in total. The first-order valence-corrected chi connectivity index (χ1v) is 4.97. The van der Waals surface area contributed by atoms with E-state index in [1.165, 1.54) is 0 Å². The second-order valence-corrected chi connectivity index (χ2v) is 3.69. The predicted molar refractivity (Wildman–Crippen MR) is 61.0 cm³/mol. The number of rotatable bonds is 0. The molecule has 0 fully saturated rings. The van der Waals surface area contributed by atoms with Crippen molar-refractivity contribution in [3.63, 3.8) is 0 Å². The number of nitrogens with zero attached hydrogens (tertiary/aromatic N) is 1. The molecule has 0 aromatic heterocycles. The van der Waals surface area contributed by atoms with Gasteiger partial charge in [0.15, 0.2) is 0 Å². The molecule has 0 heterocycles. The first-order valence-electron chi connectivity index (χ1n) is 4.97. The van der Waals surface area contributed by atoms with Crippen molar-refractivity contribution in [1.82, 2.24) is 0 Å². The summed E-state index contributed by atoms with van der Waals surface area (Å²) >= 11 is 0.